The topological polar surface area (TPSA) is 75.4 Å². The van der Waals surface area contributed by atoms with Crippen molar-refractivity contribution in [2.24, 2.45) is 11.7 Å². The lowest BCUT2D eigenvalue weighted by molar-refractivity contribution is 0.215. The largest absolute Gasteiger partial charge is 0.329 e. The third-order valence-corrected chi connectivity index (χ3v) is 5.71. The number of nitrogens with one attached hydrogen (secondary N) is 1. The molecule has 0 aromatic carbocycles. The minimum atomic E-state index is -3.34. The molecule has 5 nitrogen and oxygen atoms in total. The lowest BCUT2D eigenvalue weighted by atomic mass is 9.78. The Morgan fingerprint density at radius 3 is 2.59 bits per heavy atom. The highest BCUT2D eigenvalue weighted by atomic mass is 32.2. The number of hydrogen-bond donors (Lipinski definition) is 2. The van der Waals surface area contributed by atoms with Crippen LogP contribution in [0.3, 0.4) is 0 Å². The molecule has 1 saturated heterocycles. The highest BCUT2D eigenvalue weighted by Crippen LogP contribution is 2.32. The standard InChI is InChI=1S/C11H23N3O2S/c1-10-4-2-7-14(8-10)17(15,16)13-11(9-12)5-3-6-11/h10,13H,2-9,12H2,1H3. The quantitative estimate of drug-likeness (QED) is 0.771. The van der Waals surface area contributed by atoms with Crippen molar-refractivity contribution in [3.8, 4) is 0 Å². The van der Waals surface area contributed by atoms with Crippen molar-refractivity contribution in [1.82, 2.24) is 9.03 Å². The van der Waals surface area contributed by atoms with Gasteiger partial charge in [-0.05, 0) is 38.0 Å². The van der Waals surface area contributed by atoms with Crippen LogP contribution in [0.4, 0.5) is 0 Å². The van der Waals surface area contributed by atoms with E-state index in [1.54, 1.807) is 4.31 Å². The van der Waals surface area contributed by atoms with E-state index >= 15 is 0 Å². The van der Waals surface area contributed by atoms with Crippen LogP contribution in [-0.2, 0) is 10.2 Å². The number of hydrogen-bond acceptors (Lipinski definition) is 3. The number of rotatable bonds is 4. The van der Waals surface area contributed by atoms with Crippen molar-refractivity contribution in [2.45, 2.75) is 44.6 Å². The van der Waals surface area contributed by atoms with Gasteiger partial charge >= 0.3 is 0 Å². The Morgan fingerprint density at radius 2 is 2.12 bits per heavy atom. The first-order valence-electron chi connectivity index (χ1n) is 6.47. The summed E-state index contributed by atoms with van der Waals surface area (Å²) in [6.45, 7) is 3.77. The predicted molar refractivity (Wildman–Crippen MR) is 67.7 cm³/mol. The fraction of sp³-hybridized carbons (Fsp3) is 1.00. The molecule has 0 radical (unpaired) electrons. The van der Waals surface area contributed by atoms with E-state index in [4.69, 9.17) is 5.73 Å². The predicted octanol–water partition coefficient (Wildman–Crippen LogP) is 0.434. The normalized spacial score (nSPS) is 29.9. The van der Waals surface area contributed by atoms with E-state index in [9.17, 15) is 8.42 Å². The molecule has 0 aromatic heterocycles. The van der Waals surface area contributed by atoms with Gasteiger partial charge in [-0.1, -0.05) is 6.92 Å². The summed E-state index contributed by atoms with van der Waals surface area (Å²) in [7, 11) is -3.34. The molecule has 100 valence electrons. The van der Waals surface area contributed by atoms with Gasteiger partial charge in [0.05, 0.1) is 0 Å². The summed E-state index contributed by atoms with van der Waals surface area (Å²) < 4.78 is 28.9. The molecule has 2 fully saturated rings. The van der Waals surface area contributed by atoms with Gasteiger partial charge < -0.3 is 5.73 Å². The highest BCUT2D eigenvalue weighted by molar-refractivity contribution is 7.87. The zero-order valence-electron chi connectivity index (χ0n) is 10.5. The van der Waals surface area contributed by atoms with Gasteiger partial charge in [0.25, 0.3) is 10.2 Å². The van der Waals surface area contributed by atoms with Gasteiger partial charge in [0, 0.05) is 25.2 Å². The van der Waals surface area contributed by atoms with Gasteiger partial charge in [-0.3, -0.25) is 0 Å². The van der Waals surface area contributed by atoms with E-state index in [1.165, 1.54) is 0 Å². The molecule has 1 saturated carbocycles. The monoisotopic (exact) mass is 261 g/mol. The molecule has 1 unspecified atom stereocenters. The maximum absolute atomic E-state index is 12.3. The Hall–Kier alpha value is -0.170. The van der Waals surface area contributed by atoms with Gasteiger partial charge in [0.2, 0.25) is 0 Å². The van der Waals surface area contributed by atoms with Crippen LogP contribution in [0, 0.1) is 5.92 Å². The molecule has 1 aliphatic heterocycles. The summed E-state index contributed by atoms with van der Waals surface area (Å²) in [5.74, 6) is 0.454. The molecule has 0 bridgehead atoms. The first-order chi connectivity index (χ1) is 7.97. The second-order valence-electron chi connectivity index (χ2n) is 5.55. The Morgan fingerprint density at radius 1 is 1.41 bits per heavy atom. The van der Waals surface area contributed by atoms with Crippen LogP contribution in [0.2, 0.25) is 0 Å². The van der Waals surface area contributed by atoms with E-state index in [0.717, 1.165) is 32.1 Å². The van der Waals surface area contributed by atoms with Crippen LogP contribution in [0.5, 0.6) is 0 Å². The first kappa shape index (κ1) is 13.3. The van der Waals surface area contributed by atoms with Crippen molar-refractivity contribution < 1.29 is 8.42 Å². The Kier molecular flexibility index (Phi) is 3.77. The minimum absolute atomic E-state index is 0.362. The van der Waals surface area contributed by atoms with Gasteiger partial charge in [-0.2, -0.15) is 17.4 Å². The van der Waals surface area contributed by atoms with E-state index < -0.39 is 10.2 Å². The zero-order chi connectivity index (χ0) is 12.5. The van der Waals surface area contributed by atoms with Crippen LogP contribution in [0.1, 0.15) is 39.0 Å². The molecule has 1 atom stereocenters. The lowest BCUT2D eigenvalue weighted by Crippen LogP contribution is -2.61. The van der Waals surface area contributed by atoms with E-state index in [2.05, 4.69) is 11.6 Å². The maximum Gasteiger partial charge on any atom is 0.280 e. The van der Waals surface area contributed by atoms with Gasteiger partial charge in [-0.25, -0.2) is 0 Å². The SMILES string of the molecule is CC1CCCN(S(=O)(=O)NC2(CN)CCC2)C1. The molecule has 2 rings (SSSR count). The van der Waals surface area contributed by atoms with Crippen molar-refractivity contribution in [2.75, 3.05) is 19.6 Å². The highest BCUT2D eigenvalue weighted by Gasteiger charge is 2.41. The van der Waals surface area contributed by atoms with E-state index in [-0.39, 0.29) is 5.54 Å². The summed E-state index contributed by atoms with van der Waals surface area (Å²) >= 11 is 0. The molecule has 0 aromatic rings. The van der Waals surface area contributed by atoms with Crippen molar-refractivity contribution in [1.29, 1.82) is 0 Å². The molecular weight excluding hydrogens is 238 g/mol. The second kappa shape index (κ2) is 4.84. The third-order valence-electron chi connectivity index (χ3n) is 4.01. The van der Waals surface area contributed by atoms with Crippen LogP contribution >= 0.6 is 0 Å². The van der Waals surface area contributed by atoms with Crippen LogP contribution < -0.4 is 10.5 Å². The molecule has 0 spiro atoms. The third kappa shape index (κ3) is 2.81. The Balaban J connectivity index is 2.02. The fourth-order valence-corrected chi connectivity index (χ4v) is 4.44. The number of nitrogens with two attached hydrogens (primary N) is 1. The Labute approximate surface area is 104 Å². The van der Waals surface area contributed by atoms with Gasteiger partial charge in [0.1, 0.15) is 0 Å². The lowest BCUT2D eigenvalue weighted by Gasteiger charge is -2.43. The molecule has 0 amide bonds. The smallest absolute Gasteiger partial charge is 0.280 e. The average molecular weight is 261 g/mol. The number of nitrogens with zero attached hydrogens (tertiary/aromatic N) is 1. The molecule has 6 heteroatoms. The zero-order valence-corrected chi connectivity index (χ0v) is 11.3. The van der Waals surface area contributed by atoms with Crippen LogP contribution in [0.15, 0.2) is 0 Å². The first-order valence-corrected chi connectivity index (χ1v) is 7.91. The maximum atomic E-state index is 12.3. The molecule has 1 aliphatic carbocycles. The van der Waals surface area contributed by atoms with Gasteiger partial charge in [-0.15, -0.1) is 0 Å². The summed E-state index contributed by atoms with van der Waals surface area (Å²) in [6.07, 6.45) is 4.88. The molecular formula is C11H23N3O2S. The summed E-state index contributed by atoms with van der Waals surface area (Å²) in [6, 6.07) is 0. The molecule has 1 heterocycles. The van der Waals surface area contributed by atoms with Crippen LogP contribution in [-0.4, -0.2) is 37.9 Å². The molecule has 2 aliphatic rings. The molecule has 17 heavy (non-hydrogen) atoms. The van der Waals surface area contributed by atoms with Gasteiger partial charge in [0.15, 0.2) is 0 Å². The van der Waals surface area contributed by atoms with Crippen molar-refractivity contribution in [3.05, 3.63) is 0 Å². The minimum Gasteiger partial charge on any atom is -0.329 e. The van der Waals surface area contributed by atoms with Crippen molar-refractivity contribution in [3.63, 3.8) is 0 Å². The van der Waals surface area contributed by atoms with Crippen LogP contribution in [0.25, 0.3) is 0 Å². The number of piperidine rings is 1. The Bertz CT molecular complexity index is 359. The fourth-order valence-electron chi connectivity index (χ4n) is 2.65. The average Bonchev–Trinajstić information content (AvgIpc) is 2.24. The van der Waals surface area contributed by atoms with Crippen molar-refractivity contribution >= 4 is 10.2 Å². The van der Waals surface area contributed by atoms with E-state index in [1.807, 2.05) is 0 Å². The molecule has 3 N–H and O–H groups in total. The van der Waals surface area contributed by atoms with E-state index in [0.29, 0.717) is 25.6 Å². The summed E-state index contributed by atoms with van der Waals surface area (Å²) in [5.41, 5.74) is 5.33. The second-order valence-corrected chi connectivity index (χ2v) is 7.22. The summed E-state index contributed by atoms with van der Waals surface area (Å²) in [5, 5.41) is 0. The summed E-state index contributed by atoms with van der Waals surface area (Å²) in [4.78, 5) is 0.